The van der Waals surface area contributed by atoms with E-state index in [1.54, 1.807) is 16.0 Å². The number of likely N-dealkylation sites (N-methyl/N-ethyl adjacent to an activating group) is 1. The van der Waals surface area contributed by atoms with Gasteiger partial charge in [0, 0.05) is 6.54 Å². The summed E-state index contributed by atoms with van der Waals surface area (Å²) >= 11 is 1.67. The van der Waals surface area contributed by atoms with E-state index in [-0.39, 0.29) is 18.4 Å². The van der Waals surface area contributed by atoms with Gasteiger partial charge in [-0.25, -0.2) is 4.68 Å². The Hall–Kier alpha value is -2.51. The molecule has 1 aromatic carbocycles. The van der Waals surface area contributed by atoms with Gasteiger partial charge in [-0.05, 0) is 62.5 Å². The summed E-state index contributed by atoms with van der Waals surface area (Å²) in [6, 6.07) is 10.3. The van der Waals surface area contributed by atoms with Gasteiger partial charge in [0.1, 0.15) is 0 Å². The molecule has 0 unspecified atom stereocenters. The van der Waals surface area contributed by atoms with Gasteiger partial charge in [-0.1, -0.05) is 22.9 Å². The normalized spacial score (nSPS) is 12.3. The Morgan fingerprint density at radius 3 is 2.59 bits per heavy atom. The van der Waals surface area contributed by atoms with Crippen LogP contribution in [0, 0.1) is 13.8 Å². The Labute approximate surface area is 163 Å². The molecule has 1 atom stereocenters. The van der Waals surface area contributed by atoms with Gasteiger partial charge in [0.15, 0.2) is 0 Å². The Morgan fingerprint density at radius 2 is 1.96 bits per heavy atom. The summed E-state index contributed by atoms with van der Waals surface area (Å²) in [6.07, 6.45) is 0.224. The molecular formula is C20H25N5OS. The lowest BCUT2D eigenvalue weighted by molar-refractivity contribution is -0.120. The van der Waals surface area contributed by atoms with Crippen LogP contribution in [0.1, 0.15) is 28.6 Å². The average Bonchev–Trinajstić information content (AvgIpc) is 3.27. The van der Waals surface area contributed by atoms with E-state index in [4.69, 9.17) is 0 Å². The number of aromatic nitrogens is 3. The topological polar surface area (TPSA) is 63.1 Å². The lowest BCUT2D eigenvalue weighted by Gasteiger charge is -2.23. The molecule has 6 nitrogen and oxygen atoms in total. The van der Waals surface area contributed by atoms with Crippen LogP contribution in [0.5, 0.6) is 0 Å². The van der Waals surface area contributed by atoms with Gasteiger partial charge in [0.05, 0.1) is 29.5 Å². The Balaban J connectivity index is 1.63. The third kappa shape index (κ3) is 4.61. The number of nitrogens with one attached hydrogen (secondary N) is 1. The summed E-state index contributed by atoms with van der Waals surface area (Å²) in [5.74, 6) is -0.0452. The molecule has 0 saturated carbocycles. The van der Waals surface area contributed by atoms with E-state index in [1.807, 2.05) is 52.2 Å². The summed E-state index contributed by atoms with van der Waals surface area (Å²) in [4.78, 5) is 14.6. The maximum absolute atomic E-state index is 12.4. The molecule has 2 heterocycles. The van der Waals surface area contributed by atoms with Crippen LogP contribution in [-0.4, -0.2) is 46.4 Å². The molecule has 0 fully saturated rings. The minimum absolute atomic E-state index is 0.0452. The SMILES string of the molecule is Cc1ccc(-n2nnc(CC(=O)NC[C@@H](c3ccsc3)N(C)C)c2C)cc1. The molecule has 7 heteroatoms. The second kappa shape index (κ2) is 8.45. The second-order valence-electron chi connectivity index (χ2n) is 6.89. The monoisotopic (exact) mass is 383 g/mol. The highest BCUT2D eigenvalue weighted by molar-refractivity contribution is 7.07. The highest BCUT2D eigenvalue weighted by atomic mass is 32.1. The maximum Gasteiger partial charge on any atom is 0.226 e. The zero-order valence-electron chi connectivity index (χ0n) is 16.1. The van der Waals surface area contributed by atoms with Crippen LogP contribution in [0.2, 0.25) is 0 Å². The van der Waals surface area contributed by atoms with Crippen molar-refractivity contribution in [1.82, 2.24) is 25.2 Å². The number of amides is 1. The largest absolute Gasteiger partial charge is 0.354 e. The molecular weight excluding hydrogens is 358 g/mol. The summed E-state index contributed by atoms with van der Waals surface area (Å²) in [7, 11) is 4.04. The quantitative estimate of drug-likeness (QED) is 0.681. The van der Waals surface area contributed by atoms with Gasteiger partial charge in [-0.3, -0.25) is 4.79 Å². The summed E-state index contributed by atoms with van der Waals surface area (Å²) in [5.41, 5.74) is 4.94. The highest BCUT2D eigenvalue weighted by Gasteiger charge is 2.18. The van der Waals surface area contributed by atoms with Crippen LogP contribution in [0.15, 0.2) is 41.1 Å². The molecule has 3 rings (SSSR count). The lowest BCUT2D eigenvalue weighted by atomic mass is 10.1. The summed E-state index contributed by atoms with van der Waals surface area (Å²) in [5, 5.41) is 15.6. The highest BCUT2D eigenvalue weighted by Crippen LogP contribution is 2.20. The van der Waals surface area contributed by atoms with Crippen molar-refractivity contribution in [1.29, 1.82) is 0 Å². The van der Waals surface area contributed by atoms with Crippen molar-refractivity contribution in [2.45, 2.75) is 26.3 Å². The van der Waals surface area contributed by atoms with Crippen molar-refractivity contribution in [2.24, 2.45) is 0 Å². The van der Waals surface area contributed by atoms with E-state index in [9.17, 15) is 4.79 Å². The zero-order chi connectivity index (χ0) is 19.4. The predicted molar refractivity (Wildman–Crippen MR) is 108 cm³/mol. The average molecular weight is 384 g/mol. The fourth-order valence-corrected chi connectivity index (χ4v) is 3.65. The van der Waals surface area contributed by atoms with Crippen molar-refractivity contribution in [3.63, 3.8) is 0 Å². The van der Waals surface area contributed by atoms with Gasteiger partial charge in [0.2, 0.25) is 5.91 Å². The summed E-state index contributed by atoms with van der Waals surface area (Å²) < 4.78 is 1.77. The zero-order valence-corrected chi connectivity index (χ0v) is 17.0. The first-order valence-electron chi connectivity index (χ1n) is 8.89. The molecule has 27 heavy (non-hydrogen) atoms. The number of rotatable bonds is 7. The third-order valence-corrected chi connectivity index (χ3v) is 5.34. The van der Waals surface area contributed by atoms with Gasteiger partial charge < -0.3 is 10.2 Å². The predicted octanol–water partition coefficient (Wildman–Crippen LogP) is 2.91. The van der Waals surface area contributed by atoms with Crippen molar-refractivity contribution < 1.29 is 4.79 Å². The van der Waals surface area contributed by atoms with E-state index in [0.29, 0.717) is 12.2 Å². The van der Waals surface area contributed by atoms with E-state index in [1.165, 1.54) is 11.1 Å². The number of nitrogens with zero attached hydrogens (tertiary/aromatic N) is 4. The second-order valence-corrected chi connectivity index (χ2v) is 7.67. The molecule has 0 aliphatic heterocycles. The van der Waals surface area contributed by atoms with Crippen molar-refractivity contribution in [2.75, 3.05) is 20.6 Å². The molecule has 0 aliphatic carbocycles. The first-order chi connectivity index (χ1) is 13.0. The molecule has 3 aromatic rings. The van der Waals surface area contributed by atoms with Crippen LogP contribution in [0.25, 0.3) is 5.69 Å². The van der Waals surface area contributed by atoms with Crippen LogP contribution < -0.4 is 5.32 Å². The number of hydrogen-bond donors (Lipinski definition) is 1. The van der Waals surface area contributed by atoms with Crippen molar-refractivity contribution in [3.8, 4) is 5.69 Å². The molecule has 2 aromatic heterocycles. The number of benzene rings is 1. The number of thiophene rings is 1. The molecule has 0 saturated heterocycles. The maximum atomic E-state index is 12.4. The number of aryl methyl sites for hydroxylation is 1. The fraction of sp³-hybridized carbons (Fsp3) is 0.350. The molecule has 0 aliphatic rings. The minimum Gasteiger partial charge on any atom is -0.354 e. The summed E-state index contributed by atoms with van der Waals surface area (Å²) in [6.45, 7) is 4.55. The lowest BCUT2D eigenvalue weighted by Crippen LogP contribution is -2.35. The van der Waals surface area contributed by atoms with Crippen LogP contribution in [-0.2, 0) is 11.2 Å². The minimum atomic E-state index is -0.0452. The number of carbonyl (C=O) groups excluding carboxylic acids is 1. The van der Waals surface area contributed by atoms with E-state index >= 15 is 0 Å². The van der Waals surface area contributed by atoms with Crippen molar-refractivity contribution >= 4 is 17.2 Å². The fourth-order valence-electron chi connectivity index (χ4n) is 2.94. The third-order valence-electron chi connectivity index (χ3n) is 4.64. The van der Waals surface area contributed by atoms with Crippen LogP contribution >= 0.6 is 11.3 Å². The van der Waals surface area contributed by atoms with Gasteiger partial charge >= 0.3 is 0 Å². The Morgan fingerprint density at radius 1 is 1.22 bits per heavy atom. The molecule has 142 valence electrons. The van der Waals surface area contributed by atoms with E-state index in [2.05, 4.69) is 37.4 Å². The molecule has 0 radical (unpaired) electrons. The van der Waals surface area contributed by atoms with E-state index < -0.39 is 0 Å². The van der Waals surface area contributed by atoms with Crippen LogP contribution in [0.4, 0.5) is 0 Å². The molecule has 0 spiro atoms. The smallest absolute Gasteiger partial charge is 0.226 e. The number of carbonyl (C=O) groups is 1. The van der Waals surface area contributed by atoms with Crippen molar-refractivity contribution in [3.05, 3.63) is 63.6 Å². The standard InChI is InChI=1S/C20H25N5OS/c1-14-5-7-17(8-6-14)25-15(2)18(22-23-25)11-20(26)21-12-19(24(3)4)16-9-10-27-13-16/h5-10,13,19H,11-12H2,1-4H3,(H,21,26)/t19-/m0/s1. The molecule has 0 bridgehead atoms. The van der Waals surface area contributed by atoms with Gasteiger partial charge in [-0.2, -0.15) is 11.3 Å². The van der Waals surface area contributed by atoms with Gasteiger partial charge in [-0.15, -0.1) is 5.10 Å². The molecule has 1 amide bonds. The first-order valence-corrected chi connectivity index (χ1v) is 9.83. The molecule has 1 N–H and O–H groups in total. The van der Waals surface area contributed by atoms with Crippen LogP contribution in [0.3, 0.4) is 0 Å². The Bertz CT molecular complexity index is 884. The van der Waals surface area contributed by atoms with Gasteiger partial charge in [0.25, 0.3) is 0 Å². The Kier molecular flexibility index (Phi) is 6.03. The number of hydrogen-bond acceptors (Lipinski definition) is 5. The first kappa shape index (κ1) is 19.3. The van der Waals surface area contributed by atoms with E-state index in [0.717, 1.165) is 11.4 Å².